The van der Waals surface area contributed by atoms with E-state index in [0.717, 1.165) is 37.1 Å². The second-order valence-electron chi connectivity index (χ2n) is 9.51. The molecule has 2 aliphatic heterocycles. The minimum Gasteiger partial charge on any atom is -0.508 e. The van der Waals surface area contributed by atoms with E-state index in [4.69, 9.17) is 0 Å². The first-order valence-corrected chi connectivity index (χ1v) is 11.8. The molecule has 0 spiro atoms. The van der Waals surface area contributed by atoms with Crippen LogP contribution in [-0.2, 0) is 10.2 Å². The number of nitrogens with zero attached hydrogens (tertiary/aromatic N) is 2. The number of carbonyl (C=O) groups is 1. The van der Waals surface area contributed by atoms with E-state index in [-0.39, 0.29) is 17.4 Å². The summed E-state index contributed by atoms with van der Waals surface area (Å²) in [5.41, 5.74) is 1.76. The van der Waals surface area contributed by atoms with Crippen molar-refractivity contribution in [2.45, 2.75) is 38.5 Å². The average molecular weight is 461 g/mol. The van der Waals surface area contributed by atoms with Crippen molar-refractivity contribution in [2.24, 2.45) is 0 Å². The number of likely N-dealkylation sites (tertiary alicyclic amines) is 1. The van der Waals surface area contributed by atoms with Crippen molar-refractivity contribution in [3.05, 3.63) is 88.2 Å². The molecule has 0 unspecified atom stereocenters. The van der Waals surface area contributed by atoms with Gasteiger partial charge in [0.1, 0.15) is 22.7 Å². The molecular weight excluding hydrogens is 431 g/mol. The van der Waals surface area contributed by atoms with E-state index in [1.807, 2.05) is 26.0 Å². The largest absolute Gasteiger partial charge is 0.508 e. The van der Waals surface area contributed by atoms with Gasteiger partial charge in [0.05, 0.1) is 12.4 Å². The molecule has 0 saturated carbocycles. The van der Waals surface area contributed by atoms with Gasteiger partial charge >= 0.3 is 0 Å². The van der Waals surface area contributed by atoms with Crippen LogP contribution in [0.15, 0.2) is 54.6 Å². The molecule has 0 bridgehead atoms. The molecule has 1 amide bonds. The summed E-state index contributed by atoms with van der Waals surface area (Å²) >= 11 is 0. The van der Waals surface area contributed by atoms with E-state index in [0.29, 0.717) is 29.0 Å². The van der Waals surface area contributed by atoms with Crippen LogP contribution in [0, 0.1) is 19.7 Å². The maximum atomic E-state index is 14.7. The van der Waals surface area contributed by atoms with Crippen LogP contribution < -0.4 is 4.90 Å². The minimum absolute atomic E-state index is 0.0663. The zero-order chi connectivity index (χ0) is 24.0. The number of amides is 1. The number of hydrogen-bond acceptors (Lipinski definition) is 4. The summed E-state index contributed by atoms with van der Waals surface area (Å²) in [6, 6.07) is 14.6. The van der Waals surface area contributed by atoms with Crippen molar-refractivity contribution >= 4 is 11.6 Å². The molecule has 2 heterocycles. The van der Waals surface area contributed by atoms with Gasteiger partial charge in [0.25, 0.3) is 0 Å². The Morgan fingerprint density at radius 3 is 1.97 bits per heavy atom. The van der Waals surface area contributed by atoms with E-state index in [1.54, 1.807) is 35.2 Å². The molecule has 6 heteroatoms. The molecule has 3 aromatic carbocycles. The summed E-state index contributed by atoms with van der Waals surface area (Å²) in [6.45, 7) is 5.86. The van der Waals surface area contributed by atoms with Gasteiger partial charge in [-0.1, -0.05) is 30.7 Å². The first kappa shape index (κ1) is 22.4. The molecule has 0 radical (unpaired) electrons. The standard InChI is InChI=1S/C28H29FN2O3/c1-18-6-9-21(25(32)14-18)28(22-10-7-19(2)15-26(22)33)23-16-20(29)8-11-24(23)31(27(28)34)17-30-12-4-3-5-13-30/h6-11,14-16,32-33H,3-5,12-13,17H2,1-2H3. The van der Waals surface area contributed by atoms with E-state index in [2.05, 4.69) is 4.90 Å². The summed E-state index contributed by atoms with van der Waals surface area (Å²) in [7, 11) is 0. The van der Waals surface area contributed by atoms with Gasteiger partial charge in [-0.15, -0.1) is 0 Å². The fourth-order valence-electron chi connectivity index (χ4n) is 5.50. The molecule has 176 valence electrons. The minimum atomic E-state index is -1.58. The lowest BCUT2D eigenvalue weighted by Gasteiger charge is -2.34. The molecular formula is C28H29FN2O3. The molecule has 0 aromatic heterocycles. The Morgan fingerprint density at radius 2 is 1.41 bits per heavy atom. The molecule has 5 rings (SSSR count). The number of rotatable bonds is 4. The van der Waals surface area contributed by atoms with Crippen molar-refractivity contribution in [3.8, 4) is 11.5 Å². The zero-order valence-corrected chi connectivity index (χ0v) is 19.5. The van der Waals surface area contributed by atoms with E-state index < -0.39 is 11.2 Å². The predicted octanol–water partition coefficient (Wildman–Crippen LogP) is 4.98. The van der Waals surface area contributed by atoms with E-state index >= 15 is 0 Å². The molecule has 1 saturated heterocycles. The highest BCUT2D eigenvalue weighted by Crippen LogP contribution is 2.54. The van der Waals surface area contributed by atoms with Crippen molar-refractivity contribution in [1.29, 1.82) is 0 Å². The Kier molecular flexibility index (Phi) is 5.56. The topological polar surface area (TPSA) is 64.0 Å². The van der Waals surface area contributed by atoms with Crippen molar-refractivity contribution < 1.29 is 19.4 Å². The van der Waals surface area contributed by atoms with Gasteiger partial charge in [-0.25, -0.2) is 4.39 Å². The summed E-state index contributed by atoms with van der Waals surface area (Å²) in [4.78, 5) is 18.4. The number of piperidine rings is 1. The Hall–Kier alpha value is -3.38. The number of anilines is 1. The van der Waals surface area contributed by atoms with Crippen LogP contribution >= 0.6 is 0 Å². The SMILES string of the molecule is Cc1ccc(C2(c3ccc(C)cc3O)C(=O)N(CN3CCCCC3)c3ccc(F)cc32)c(O)c1. The monoisotopic (exact) mass is 460 g/mol. The Bertz CT molecular complexity index is 1220. The third kappa shape index (κ3) is 3.44. The second kappa shape index (κ2) is 8.44. The first-order chi connectivity index (χ1) is 16.3. The third-order valence-corrected chi connectivity index (χ3v) is 7.12. The van der Waals surface area contributed by atoms with Gasteiger partial charge < -0.3 is 10.2 Å². The maximum Gasteiger partial charge on any atom is 0.248 e. The van der Waals surface area contributed by atoms with Gasteiger partial charge in [0, 0.05) is 16.7 Å². The first-order valence-electron chi connectivity index (χ1n) is 11.8. The van der Waals surface area contributed by atoms with Crippen molar-refractivity contribution in [2.75, 3.05) is 24.7 Å². The van der Waals surface area contributed by atoms with Crippen LogP contribution in [-0.4, -0.2) is 40.8 Å². The normalized spacial score (nSPS) is 17.7. The fraction of sp³-hybridized carbons (Fsp3) is 0.321. The Labute approximate surface area is 199 Å². The second-order valence-corrected chi connectivity index (χ2v) is 9.51. The lowest BCUT2D eigenvalue weighted by atomic mass is 9.69. The van der Waals surface area contributed by atoms with Crippen molar-refractivity contribution in [1.82, 2.24) is 4.90 Å². The lowest BCUT2D eigenvalue weighted by Crippen LogP contribution is -2.47. The summed E-state index contributed by atoms with van der Waals surface area (Å²) in [5, 5.41) is 22.2. The number of hydrogen-bond donors (Lipinski definition) is 2. The Morgan fingerprint density at radius 1 is 0.824 bits per heavy atom. The number of aromatic hydroxyl groups is 2. The van der Waals surface area contributed by atoms with Gasteiger partial charge in [-0.2, -0.15) is 0 Å². The summed E-state index contributed by atoms with van der Waals surface area (Å²) < 4.78 is 14.7. The number of benzene rings is 3. The smallest absolute Gasteiger partial charge is 0.248 e. The van der Waals surface area contributed by atoms with Gasteiger partial charge in [-0.3, -0.25) is 14.6 Å². The molecule has 5 nitrogen and oxygen atoms in total. The van der Waals surface area contributed by atoms with Gasteiger partial charge in [0.2, 0.25) is 5.91 Å². The number of halogens is 1. The molecule has 2 N–H and O–H groups in total. The van der Waals surface area contributed by atoms with E-state index in [9.17, 15) is 19.4 Å². The fourth-order valence-corrected chi connectivity index (χ4v) is 5.50. The molecule has 2 aliphatic rings. The molecule has 1 fully saturated rings. The zero-order valence-electron chi connectivity index (χ0n) is 19.5. The van der Waals surface area contributed by atoms with Crippen LogP contribution in [0.4, 0.5) is 10.1 Å². The molecule has 3 aromatic rings. The quantitative estimate of drug-likeness (QED) is 0.577. The van der Waals surface area contributed by atoms with Crippen LogP contribution in [0.25, 0.3) is 0 Å². The van der Waals surface area contributed by atoms with Crippen LogP contribution in [0.1, 0.15) is 47.1 Å². The highest BCUT2D eigenvalue weighted by atomic mass is 19.1. The van der Waals surface area contributed by atoms with Crippen molar-refractivity contribution in [3.63, 3.8) is 0 Å². The number of phenolic OH excluding ortho intramolecular Hbond substituents is 2. The summed E-state index contributed by atoms with van der Waals surface area (Å²) in [6.07, 6.45) is 3.31. The van der Waals surface area contributed by atoms with Gasteiger partial charge in [-0.05, 0) is 81.2 Å². The maximum absolute atomic E-state index is 14.7. The molecule has 0 atom stereocenters. The van der Waals surface area contributed by atoms with Crippen LogP contribution in [0.2, 0.25) is 0 Å². The number of fused-ring (bicyclic) bond motifs is 1. The predicted molar refractivity (Wildman–Crippen MR) is 130 cm³/mol. The van der Waals surface area contributed by atoms with Crippen LogP contribution in [0.3, 0.4) is 0 Å². The van der Waals surface area contributed by atoms with Crippen LogP contribution in [0.5, 0.6) is 11.5 Å². The Balaban J connectivity index is 1.80. The summed E-state index contributed by atoms with van der Waals surface area (Å²) in [5.74, 6) is -0.919. The third-order valence-electron chi connectivity index (χ3n) is 7.12. The lowest BCUT2D eigenvalue weighted by molar-refractivity contribution is -0.121. The molecule has 0 aliphatic carbocycles. The number of phenols is 2. The average Bonchev–Trinajstić information content (AvgIpc) is 3.03. The highest BCUT2D eigenvalue weighted by molar-refractivity contribution is 6.13. The molecule has 34 heavy (non-hydrogen) atoms. The number of carbonyl (C=O) groups excluding carboxylic acids is 1. The van der Waals surface area contributed by atoms with Gasteiger partial charge in [0.15, 0.2) is 0 Å². The number of aryl methyl sites for hydroxylation is 2. The highest BCUT2D eigenvalue weighted by Gasteiger charge is 2.56. The van der Waals surface area contributed by atoms with E-state index in [1.165, 1.54) is 18.6 Å².